The number of allylic oxidation sites excluding steroid dienone is 1. The highest BCUT2D eigenvalue weighted by Gasteiger charge is 2.27. The standard InChI is InChI=1S/C25H22N6O/c1-2-8-18(9-3-1)32-19-10-6-7-17(15-19)22-26-21-12-5-4-11-20(21)24(27-22)29-25-28-23(30-31-25)16-13-14-16/h1-3,5-10,12,15-16H,4,11,13-14H2,(H2,26,27,28,29,30,31). The highest BCUT2D eigenvalue weighted by atomic mass is 16.5. The molecule has 0 spiro atoms. The third-order valence-electron chi connectivity index (χ3n) is 5.64. The van der Waals surface area contributed by atoms with Crippen molar-refractivity contribution in [1.29, 1.82) is 0 Å². The molecule has 2 N–H and O–H groups in total. The van der Waals surface area contributed by atoms with Gasteiger partial charge in [-0.25, -0.2) is 9.97 Å². The number of rotatable bonds is 6. The molecule has 2 heterocycles. The molecule has 2 aromatic carbocycles. The van der Waals surface area contributed by atoms with Crippen LogP contribution in [0.15, 0.2) is 60.7 Å². The second-order valence-electron chi connectivity index (χ2n) is 8.09. The number of nitrogens with zero attached hydrogens (tertiary/aromatic N) is 4. The van der Waals surface area contributed by atoms with Gasteiger partial charge in [-0.15, -0.1) is 5.10 Å². The van der Waals surface area contributed by atoms with Crippen LogP contribution in [0.5, 0.6) is 11.5 Å². The molecule has 0 amide bonds. The van der Waals surface area contributed by atoms with Crippen LogP contribution in [0.1, 0.15) is 42.3 Å². The van der Waals surface area contributed by atoms with Crippen molar-refractivity contribution in [2.45, 2.75) is 31.6 Å². The van der Waals surface area contributed by atoms with Crippen LogP contribution in [0, 0.1) is 0 Å². The van der Waals surface area contributed by atoms with E-state index in [9.17, 15) is 0 Å². The average Bonchev–Trinajstić information content (AvgIpc) is 3.58. The molecular weight excluding hydrogens is 400 g/mol. The lowest BCUT2D eigenvalue weighted by Crippen LogP contribution is -2.08. The van der Waals surface area contributed by atoms with Crippen molar-refractivity contribution < 1.29 is 4.74 Å². The van der Waals surface area contributed by atoms with Crippen LogP contribution in [-0.2, 0) is 6.42 Å². The maximum Gasteiger partial charge on any atom is 0.247 e. The molecule has 1 fully saturated rings. The van der Waals surface area contributed by atoms with E-state index in [0.29, 0.717) is 17.7 Å². The second kappa shape index (κ2) is 7.92. The highest BCUT2D eigenvalue weighted by molar-refractivity contribution is 5.69. The van der Waals surface area contributed by atoms with Crippen LogP contribution in [-0.4, -0.2) is 25.1 Å². The maximum absolute atomic E-state index is 6.00. The van der Waals surface area contributed by atoms with Gasteiger partial charge in [0.25, 0.3) is 0 Å². The Morgan fingerprint density at radius 2 is 1.81 bits per heavy atom. The smallest absolute Gasteiger partial charge is 0.247 e. The largest absolute Gasteiger partial charge is 0.457 e. The Morgan fingerprint density at radius 3 is 2.69 bits per heavy atom. The Morgan fingerprint density at radius 1 is 0.938 bits per heavy atom. The third-order valence-corrected chi connectivity index (χ3v) is 5.64. The summed E-state index contributed by atoms with van der Waals surface area (Å²) in [6.45, 7) is 0. The van der Waals surface area contributed by atoms with Crippen molar-refractivity contribution >= 4 is 17.8 Å². The molecule has 0 aliphatic heterocycles. The van der Waals surface area contributed by atoms with Crippen LogP contribution in [0.25, 0.3) is 17.5 Å². The van der Waals surface area contributed by atoms with Crippen LogP contribution in [0.2, 0.25) is 0 Å². The Labute approximate surface area is 185 Å². The maximum atomic E-state index is 6.00. The van der Waals surface area contributed by atoms with Gasteiger partial charge in [0, 0.05) is 17.0 Å². The number of aromatic amines is 1. The predicted molar refractivity (Wildman–Crippen MR) is 123 cm³/mol. The molecule has 0 saturated heterocycles. The summed E-state index contributed by atoms with van der Waals surface area (Å²) in [6, 6.07) is 17.6. The molecule has 4 aromatic rings. The molecule has 0 unspecified atom stereocenters. The number of ether oxygens (including phenoxy) is 1. The minimum absolute atomic E-state index is 0.517. The predicted octanol–water partition coefficient (Wildman–Crippen LogP) is 5.63. The lowest BCUT2D eigenvalue weighted by molar-refractivity contribution is 0.483. The van der Waals surface area contributed by atoms with E-state index < -0.39 is 0 Å². The van der Waals surface area contributed by atoms with Gasteiger partial charge >= 0.3 is 0 Å². The van der Waals surface area contributed by atoms with Gasteiger partial charge in [0.15, 0.2) is 5.82 Å². The zero-order valence-corrected chi connectivity index (χ0v) is 17.5. The fourth-order valence-corrected chi connectivity index (χ4v) is 3.84. The number of fused-ring (bicyclic) bond motifs is 1. The molecule has 0 atom stereocenters. The van der Waals surface area contributed by atoms with Crippen LogP contribution in [0.4, 0.5) is 11.8 Å². The summed E-state index contributed by atoms with van der Waals surface area (Å²) in [4.78, 5) is 14.3. The van der Waals surface area contributed by atoms with Gasteiger partial charge in [0.1, 0.15) is 23.1 Å². The normalized spacial score (nSPS) is 14.8. The molecule has 7 nitrogen and oxygen atoms in total. The van der Waals surface area contributed by atoms with Crippen LogP contribution < -0.4 is 10.1 Å². The zero-order valence-electron chi connectivity index (χ0n) is 17.5. The Hall–Kier alpha value is -4.00. The van der Waals surface area contributed by atoms with Crippen molar-refractivity contribution in [1.82, 2.24) is 25.1 Å². The molecule has 7 heteroatoms. The number of anilines is 2. The van der Waals surface area contributed by atoms with E-state index >= 15 is 0 Å². The van der Waals surface area contributed by atoms with Gasteiger partial charge in [-0.05, 0) is 56.0 Å². The number of nitrogens with one attached hydrogen (secondary N) is 2. The molecular formula is C25H22N6O. The summed E-state index contributed by atoms with van der Waals surface area (Å²) in [6.07, 6.45) is 8.41. The van der Waals surface area contributed by atoms with E-state index in [4.69, 9.17) is 14.7 Å². The van der Waals surface area contributed by atoms with Gasteiger partial charge in [-0.3, -0.25) is 5.10 Å². The van der Waals surface area contributed by atoms with Crippen molar-refractivity contribution in [2.24, 2.45) is 0 Å². The Balaban J connectivity index is 1.34. The molecule has 2 aromatic heterocycles. The summed E-state index contributed by atoms with van der Waals surface area (Å²) in [5, 5.41) is 10.7. The van der Waals surface area contributed by atoms with Crippen molar-refractivity contribution in [2.75, 3.05) is 5.32 Å². The second-order valence-corrected chi connectivity index (χ2v) is 8.09. The molecule has 2 aliphatic carbocycles. The fourth-order valence-electron chi connectivity index (χ4n) is 3.84. The number of benzene rings is 2. The van der Waals surface area contributed by atoms with Crippen LogP contribution in [0.3, 0.4) is 0 Å². The van der Waals surface area contributed by atoms with E-state index in [2.05, 4.69) is 32.7 Å². The number of aromatic nitrogens is 5. The van der Waals surface area contributed by atoms with E-state index in [1.165, 1.54) is 12.8 Å². The summed E-state index contributed by atoms with van der Waals surface area (Å²) in [7, 11) is 0. The van der Waals surface area contributed by atoms with Gasteiger partial charge in [-0.2, -0.15) is 4.98 Å². The summed E-state index contributed by atoms with van der Waals surface area (Å²) in [5.74, 6) is 4.93. The lowest BCUT2D eigenvalue weighted by Gasteiger charge is -2.16. The number of H-pyrrole nitrogens is 1. The van der Waals surface area contributed by atoms with Crippen molar-refractivity contribution in [3.8, 4) is 22.9 Å². The van der Waals surface area contributed by atoms with Crippen LogP contribution >= 0.6 is 0 Å². The molecule has 0 bridgehead atoms. The first kappa shape index (κ1) is 18.7. The van der Waals surface area contributed by atoms with Gasteiger partial charge < -0.3 is 10.1 Å². The topological polar surface area (TPSA) is 88.6 Å². The summed E-state index contributed by atoms with van der Waals surface area (Å²) in [5.41, 5.74) is 2.90. The zero-order chi connectivity index (χ0) is 21.3. The molecule has 0 radical (unpaired) electrons. The lowest BCUT2D eigenvalue weighted by atomic mass is 10.0. The minimum Gasteiger partial charge on any atom is -0.457 e. The average molecular weight is 422 g/mol. The summed E-state index contributed by atoms with van der Waals surface area (Å²) < 4.78 is 6.00. The molecule has 158 valence electrons. The first-order valence-corrected chi connectivity index (χ1v) is 10.9. The van der Waals surface area contributed by atoms with E-state index in [-0.39, 0.29) is 0 Å². The number of hydrogen-bond donors (Lipinski definition) is 2. The summed E-state index contributed by atoms with van der Waals surface area (Å²) >= 11 is 0. The van der Waals surface area contributed by atoms with Gasteiger partial charge in [0.2, 0.25) is 5.95 Å². The number of para-hydroxylation sites is 1. The quantitative estimate of drug-likeness (QED) is 0.418. The van der Waals surface area contributed by atoms with E-state index in [1.807, 2.05) is 54.6 Å². The van der Waals surface area contributed by atoms with E-state index in [1.54, 1.807) is 0 Å². The molecule has 1 saturated carbocycles. The third kappa shape index (κ3) is 3.85. The Kier molecular flexibility index (Phi) is 4.64. The SMILES string of the molecule is C1=Cc2nc(-c3cccc(Oc4ccccc4)c3)nc(Nc3n[nH]c(C4CC4)n3)c2CC1. The van der Waals surface area contributed by atoms with Crippen molar-refractivity contribution in [3.05, 3.63) is 77.8 Å². The fraction of sp³-hybridized carbons (Fsp3) is 0.200. The Bertz CT molecular complexity index is 1290. The monoisotopic (exact) mass is 422 g/mol. The van der Waals surface area contributed by atoms with E-state index in [0.717, 1.165) is 52.8 Å². The minimum atomic E-state index is 0.517. The highest BCUT2D eigenvalue weighted by Crippen LogP contribution is 2.38. The molecule has 2 aliphatic rings. The molecule has 32 heavy (non-hydrogen) atoms. The first-order chi connectivity index (χ1) is 15.8. The van der Waals surface area contributed by atoms with Gasteiger partial charge in [0.05, 0.1) is 5.69 Å². The van der Waals surface area contributed by atoms with Crippen molar-refractivity contribution in [3.63, 3.8) is 0 Å². The van der Waals surface area contributed by atoms with Gasteiger partial charge in [-0.1, -0.05) is 36.4 Å². The molecule has 6 rings (SSSR count). The first-order valence-electron chi connectivity index (χ1n) is 10.9. The number of hydrogen-bond acceptors (Lipinski definition) is 6.